The lowest BCUT2D eigenvalue weighted by Gasteiger charge is -2.22. The highest BCUT2D eigenvalue weighted by molar-refractivity contribution is 7.88. The molecule has 2 aliphatic heterocycles. The van der Waals surface area contributed by atoms with Crippen LogP contribution in [0.5, 0.6) is 0 Å². The van der Waals surface area contributed by atoms with Crippen molar-refractivity contribution in [3.05, 3.63) is 130 Å². The molecule has 3 aromatic carbocycles. The molecular formula is C33H35N11O4S. The molecule has 2 atom stereocenters. The lowest BCUT2D eigenvalue weighted by molar-refractivity contribution is -0.129. The first-order valence-corrected chi connectivity index (χ1v) is 17.1. The van der Waals surface area contributed by atoms with Crippen molar-refractivity contribution in [1.29, 1.82) is 5.41 Å². The molecule has 16 heteroatoms. The van der Waals surface area contributed by atoms with Gasteiger partial charge in [-0.15, -0.1) is 10.2 Å². The maximum Gasteiger partial charge on any atom is 0.243 e. The van der Waals surface area contributed by atoms with Gasteiger partial charge in [-0.25, -0.2) is 22.5 Å². The number of nitrogens with two attached hydrogens (primary N) is 1. The predicted octanol–water partition coefficient (Wildman–Crippen LogP) is 0.638. The third kappa shape index (κ3) is 9.00. The van der Waals surface area contributed by atoms with E-state index in [2.05, 4.69) is 36.0 Å². The summed E-state index contributed by atoms with van der Waals surface area (Å²) in [6, 6.07) is 20.9. The molecule has 7 rings (SSSR count). The van der Waals surface area contributed by atoms with Crippen LogP contribution in [-0.4, -0.2) is 68.1 Å². The number of hydrogen-bond acceptors (Lipinski definition) is 9. The monoisotopic (exact) mass is 681 g/mol. The molecule has 15 nitrogen and oxygen atoms in total. The predicted molar refractivity (Wildman–Crippen MR) is 179 cm³/mol. The smallest absolute Gasteiger partial charge is 0.243 e. The second-order valence-electron chi connectivity index (χ2n) is 11.8. The molecule has 0 aliphatic carbocycles. The molecule has 4 heterocycles. The molecule has 6 N–H and O–H groups in total. The Bertz CT molecular complexity index is 2040. The lowest BCUT2D eigenvalue weighted by atomic mass is 10.1. The molecule has 0 unspecified atom stereocenters. The highest BCUT2D eigenvalue weighted by Gasteiger charge is 2.31. The Hall–Kier alpha value is -5.74. The highest BCUT2D eigenvalue weighted by atomic mass is 32.2. The second kappa shape index (κ2) is 14.6. The minimum atomic E-state index is -4.02. The zero-order chi connectivity index (χ0) is 34.4. The molecule has 252 valence electrons. The Kier molecular flexibility index (Phi) is 9.87. The van der Waals surface area contributed by atoms with Crippen LogP contribution < -0.4 is 21.1 Å². The zero-order valence-electron chi connectivity index (χ0n) is 26.4. The fraction of sp³-hybridized carbons (Fsp3) is 0.242. The lowest BCUT2D eigenvalue weighted by Crippen LogP contribution is -2.55. The van der Waals surface area contributed by atoms with Crippen molar-refractivity contribution >= 4 is 27.7 Å². The number of aromatic nitrogens is 6. The van der Waals surface area contributed by atoms with Gasteiger partial charge in [0.25, 0.3) is 0 Å². The molecule has 0 radical (unpaired) electrons. The van der Waals surface area contributed by atoms with Gasteiger partial charge in [0.15, 0.2) is 0 Å². The molecule has 2 aliphatic rings. The van der Waals surface area contributed by atoms with Gasteiger partial charge in [-0.2, -0.15) is 0 Å². The number of nitrogens with one attached hydrogen (secondary N) is 4. The van der Waals surface area contributed by atoms with E-state index >= 15 is 0 Å². The van der Waals surface area contributed by atoms with E-state index in [4.69, 9.17) is 11.1 Å². The van der Waals surface area contributed by atoms with Gasteiger partial charge >= 0.3 is 0 Å². The van der Waals surface area contributed by atoms with E-state index < -0.39 is 33.9 Å². The van der Waals surface area contributed by atoms with Gasteiger partial charge in [0, 0.05) is 37.3 Å². The minimum Gasteiger partial charge on any atom is -0.384 e. The molecule has 6 bridgehead atoms. The van der Waals surface area contributed by atoms with Gasteiger partial charge < -0.3 is 16.4 Å². The fourth-order valence-corrected chi connectivity index (χ4v) is 6.74. The normalized spacial score (nSPS) is 16.7. The number of benzene rings is 3. The minimum absolute atomic E-state index is 0.0144. The first-order valence-electron chi connectivity index (χ1n) is 15.5. The van der Waals surface area contributed by atoms with Crippen LogP contribution in [0.25, 0.3) is 0 Å². The van der Waals surface area contributed by atoms with E-state index in [0.717, 1.165) is 16.7 Å². The third-order valence-corrected chi connectivity index (χ3v) is 9.27. The van der Waals surface area contributed by atoms with Gasteiger partial charge in [0.1, 0.15) is 17.9 Å². The van der Waals surface area contributed by atoms with Crippen LogP contribution in [0, 0.1) is 5.41 Å². The van der Waals surface area contributed by atoms with Gasteiger partial charge in [-0.1, -0.05) is 89.3 Å². The summed E-state index contributed by atoms with van der Waals surface area (Å²) in [5.74, 6) is -1.66. The molecule has 0 spiro atoms. The number of nitrogen functional groups attached to an aromatic ring is 1. The Labute approximate surface area is 282 Å². The number of hydrogen-bond donors (Lipinski definition) is 5. The Morgan fingerprint density at radius 1 is 0.857 bits per heavy atom. The van der Waals surface area contributed by atoms with E-state index in [9.17, 15) is 18.0 Å². The van der Waals surface area contributed by atoms with Crippen LogP contribution in [0.15, 0.2) is 91.3 Å². The van der Waals surface area contributed by atoms with Crippen molar-refractivity contribution in [3.63, 3.8) is 0 Å². The van der Waals surface area contributed by atoms with Crippen LogP contribution >= 0.6 is 0 Å². The summed E-state index contributed by atoms with van der Waals surface area (Å²) in [5.41, 5.74) is 10.2. The number of carbonyl (C=O) groups excluding carboxylic acids is 2. The quantitative estimate of drug-likeness (QED) is 0.115. The maximum absolute atomic E-state index is 13.9. The van der Waals surface area contributed by atoms with E-state index in [1.54, 1.807) is 76.4 Å². The summed E-state index contributed by atoms with van der Waals surface area (Å²) >= 11 is 0. The third-order valence-electron chi connectivity index (χ3n) is 7.91. The van der Waals surface area contributed by atoms with E-state index in [1.165, 1.54) is 0 Å². The Morgan fingerprint density at radius 2 is 1.45 bits per heavy atom. The van der Waals surface area contributed by atoms with Gasteiger partial charge in [0.05, 0.1) is 30.2 Å². The largest absolute Gasteiger partial charge is 0.384 e. The van der Waals surface area contributed by atoms with E-state index in [-0.39, 0.29) is 31.0 Å². The summed E-state index contributed by atoms with van der Waals surface area (Å²) in [7, 11) is -4.02. The Morgan fingerprint density at radius 3 is 2.04 bits per heavy atom. The maximum atomic E-state index is 13.9. The molecule has 2 aromatic heterocycles. The number of carbonyl (C=O) groups is 2. The van der Waals surface area contributed by atoms with Crippen LogP contribution in [-0.2, 0) is 57.8 Å². The average molecular weight is 682 g/mol. The molecule has 2 amide bonds. The molecule has 0 saturated heterocycles. The van der Waals surface area contributed by atoms with Crippen molar-refractivity contribution in [2.45, 2.75) is 50.3 Å². The van der Waals surface area contributed by atoms with Gasteiger partial charge in [-0.3, -0.25) is 15.0 Å². The molecular weight excluding hydrogens is 647 g/mol. The number of fused-ring (bicyclic) bond motifs is 7. The topological polar surface area (TPSA) is 216 Å². The number of sulfonamides is 1. The van der Waals surface area contributed by atoms with Crippen molar-refractivity contribution in [3.8, 4) is 0 Å². The Balaban J connectivity index is 1.29. The zero-order valence-corrected chi connectivity index (χ0v) is 27.2. The number of amides is 2. The van der Waals surface area contributed by atoms with E-state index in [1.807, 2.05) is 24.3 Å². The first-order chi connectivity index (χ1) is 23.6. The summed E-state index contributed by atoms with van der Waals surface area (Å²) in [4.78, 5) is 27.6. The summed E-state index contributed by atoms with van der Waals surface area (Å²) in [6.07, 6.45) is 3.24. The molecule has 49 heavy (non-hydrogen) atoms. The highest BCUT2D eigenvalue weighted by Crippen LogP contribution is 2.12. The number of amidine groups is 1. The molecule has 0 fully saturated rings. The number of rotatable bonds is 8. The molecule has 0 saturated carbocycles. The van der Waals surface area contributed by atoms with E-state index in [0.29, 0.717) is 35.6 Å². The summed E-state index contributed by atoms with van der Waals surface area (Å²) in [6.45, 7) is 0.977. The van der Waals surface area contributed by atoms with Gasteiger partial charge in [-0.05, 0) is 22.3 Å². The average Bonchev–Trinajstić information content (AvgIpc) is 3.72. The summed E-state index contributed by atoms with van der Waals surface area (Å²) in [5, 5.41) is 30.1. The van der Waals surface area contributed by atoms with Crippen molar-refractivity contribution in [2.24, 2.45) is 5.73 Å². The standard InChI is InChI=1S/C33H35N11O4S/c34-31(35)26-12-10-22(11-13-26)16-36-32(45)29-14-27-19-43(41-38-27)17-23-6-8-24(9-7-23)18-44-20-28(39-42-44)15-30(33(46)37-29)40-49(47,48)21-25-4-2-1-3-5-25/h1-13,19-20,29-30,40H,14-18,21H2,(H3,34,35)(H,36,45)(H,37,46)/t29-,30+/m0/s1. The van der Waals surface area contributed by atoms with Crippen LogP contribution in [0.3, 0.4) is 0 Å². The van der Waals surface area contributed by atoms with Crippen LogP contribution in [0.1, 0.15) is 39.2 Å². The van der Waals surface area contributed by atoms with Crippen molar-refractivity contribution in [2.75, 3.05) is 0 Å². The number of nitrogens with zero attached hydrogens (tertiary/aromatic N) is 6. The fourth-order valence-electron chi connectivity index (χ4n) is 5.40. The SMILES string of the molecule is N=C(N)c1ccc(CNC(=O)[C@@H]2Cc3cn(nn3)Cc3ccc(cc3)Cn3cc(nn3)C[C@@H](NS(=O)(=O)Cc3ccccc3)C(=O)N2)cc1. The van der Waals surface area contributed by atoms with Crippen molar-refractivity contribution in [1.82, 2.24) is 45.3 Å². The summed E-state index contributed by atoms with van der Waals surface area (Å²) < 4.78 is 32.5. The van der Waals surface area contributed by atoms with Crippen molar-refractivity contribution < 1.29 is 18.0 Å². The second-order valence-corrected chi connectivity index (χ2v) is 13.6. The first kappa shape index (κ1) is 33.2. The van der Waals surface area contributed by atoms with Gasteiger partial charge in [0.2, 0.25) is 21.8 Å². The molecule has 5 aromatic rings. The van der Waals surface area contributed by atoms with Crippen LogP contribution in [0.2, 0.25) is 0 Å². The van der Waals surface area contributed by atoms with Crippen LogP contribution in [0.4, 0.5) is 0 Å².